The Bertz CT molecular complexity index is 2220. The van der Waals surface area contributed by atoms with Crippen molar-refractivity contribution in [1.82, 2.24) is 0 Å². The summed E-state index contributed by atoms with van der Waals surface area (Å²) >= 11 is 0. The maximum Gasteiger partial charge on any atom is 0.253 e. The quantitative estimate of drug-likeness (QED) is 0.0954. The number of aromatic hydroxyl groups is 2. The Morgan fingerprint density at radius 1 is 0.629 bits per heavy atom. The Labute approximate surface area is 350 Å². The van der Waals surface area contributed by atoms with Gasteiger partial charge in [0.2, 0.25) is 6.29 Å². The van der Waals surface area contributed by atoms with Gasteiger partial charge in [-0.15, -0.1) is 0 Å². The second kappa shape index (κ2) is 16.3. The Morgan fingerprint density at radius 2 is 1.21 bits per heavy atom. The van der Waals surface area contributed by atoms with Crippen LogP contribution < -0.4 is 9.47 Å². The number of para-hydroxylation sites is 1. The van der Waals surface area contributed by atoms with Gasteiger partial charge >= 0.3 is 0 Å². The maximum absolute atomic E-state index is 11.9. The van der Waals surface area contributed by atoms with E-state index in [1.807, 2.05) is 0 Å². The van der Waals surface area contributed by atoms with Crippen molar-refractivity contribution in [2.45, 2.75) is 104 Å². The van der Waals surface area contributed by atoms with Gasteiger partial charge in [-0.3, -0.25) is 4.99 Å². The van der Waals surface area contributed by atoms with Crippen LogP contribution in [0.15, 0.2) is 65.7 Å². The number of hydrogen-bond acceptors (Lipinski definition) is 21. The molecule has 5 heterocycles. The van der Waals surface area contributed by atoms with Crippen molar-refractivity contribution in [1.29, 1.82) is 0 Å². The van der Waals surface area contributed by atoms with E-state index in [1.54, 1.807) is 36.4 Å². The highest BCUT2D eigenvalue weighted by Gasteiger charge is 2.66. The van der Waals surface area contributed by atoms with Crippen molar-refractivity contribution in [3.8, 4) is 23.0 Å². The monoisotopic (exact) mass is 871 g/mol. The van der Waals surface area contributed by atoms with Gasteiger partial charge in [0.1, 0.15) is 102 Å². The number of aliphatic hydroxyl groups is 11. The lowest BCUT2D eigenvalue weighted by molar-refractivity contribution is -0.384. The number of ether oxygens (including phenoxy) is 7. The number of rotatable bonds is 10. The average molecular weight is 872 g/mol. The van der Waals surface area contributed by atoms with Crippen molar-refractivity contribution in [3.05, 3.63) is 77.4 Å². The van der Waals surface area contributed by atoms with E-state index in [1.165, 1.54) is 18.2 Å². The van der Waals surface area contributed by atoms with Gasteiger partial charge in [-0.25, -0.2) is 0 Å². The van der Waals surface area contributed by atoms with Crippen LogP contribution in [0.4, 0.5) is 5.69 Å². The Hall–Kier alpha value is -4.37. The predicted octanol–water partition coefficient (Wildman–Crippen LogP) is -3.20. The van der Waals surface area contributed by atoms with Crippen LogP contribution in [0, 0.1) is 0 Å². The minimum atomic E-state index is -2.20. The van der Waals surface area contributed by atoms with Crippen molar-refractivity contribution in [3.63, 3.8) is 0 Å². The first-order valence-corrected chi connectivity index (χ1v) is 19.7. The highest BCUT2D eigenvalue weighted by molar-refractivity contribution is 6.41. The molecular weight excluding hydrogens is 826 g/mol. The molecule has 3 saturated heterocycles. The van der Waals surface area contributed by atoms with Crippen molar-refractivity contribution < 1.29 is 99.5 Å². The third kappa shape index (κ3) is 6.77. The van der Waals surface area contributed by atoms with Crippen LogP contribution in [-0.2, 0) is 23.7 Å². The molecule has 0 spiro atoms. The summed E-state index contributed by atoms with van der Waals surface area (Å²) in [4.78, 5) is 4.95. The SMILES string of the molecule is OC[C@H]1O[C@@H](Oc2cc(O)c3c(c2)O[C@@]2(O[C@@H]4O[C@H](CO)[C@@H](O)[C@H](O)[C@H]4O[C@@H]4O[C@H](CO)[C@@H](O)[C@H](O)[C@H]4O)C(c4ccc(O)cc4)=C4C(=Nc5ccccc54)[C@@H]32)[C@H](O)[C@@H](O)[C@@H]1O. The van der Waals surface area contributed by atoms with Crippen LogP contribution in [-0.4, -0.2) is 190 Å². The number of hydrogen-bond donors (Lipinski definition) is 13. The molecule has 9 rings (SSSR count). The molecule has 0 saturated carbocycles. The molecule has 0 aromatic heterocycles. The molecular formula is C41H45NO20. The number of fused-ring (bicyclic) bond motifs is 7. The van der Waals surface area contributed by atoms with Gasteiger partial charge < -0.3 is 99.5 Å². The molecule has 62 heavy (non-hydrogen) atoms. The van der Waals surface area contributed by atoms with E-state index >= 15 is 0 Å². The summed E-state index contributed by atoms with van der Waals surface area (Å²) < 4.78 is 42.7. The number of phenols is 2. The number of benzene rings is 3. The van der Waals surface area contributed by atoms with Gasteiger partial charge in [0.05, 0.1) is 36.8 Å². The van der Waals surface area contributed by atoms with Crippen LogP contribution in [0.5, 0.6) is 23.0 Å². The average Bonchev–Trinajstić information content (AvgIpc) is 3.87. The predicted molar refractivity (Wildman–Crippen MR) is 205 cm³/mol. The summed E-state index contributed by atoms with van der Waals surface area (Å²) in [6, 6.07) is 15.5. The first-order valence-electron chi connectivity index (χ1n) is 19.7. The molecule has 334 valence electrons. The fourth-order valence-electron chi connectivity index (χ4n) is 8.93. The van der Waals surface area contributed by atoms with E-state index in [0.717, 1.165) is 6.07 Å². The van der Waals surface area contributed by atoms with E-state index in [0.29, 0.717) is 28.1 Å². The topological polar surface area (TPSA) is 340 Å². The fourth-order valence-corrected chi connectivity index (χ4v) is 8.93. The summed E-state index contributed by atoms with van der Waals surface area (Å²) in [5.41, 5.74) is 2.64. The summed E-state index contributed by atoms with van der Waals surface area (Å²) in [5, 5.41) is 138. The van der Waals surface area contributed by atoms with Gasteiger partial charge in [0, 0.05) is 28.8 Å². The van der Waals surface area contributed by atoms with Gasteiger partial charge in [-0.05, 0) is 23.8 Å². The zero-order chi connectivity index (χ0) is 43.9. The molecule has 21 nitrogen and oxygen atoms in total. The van der Waals surface area contributed by atoms with Crippen LogP contribution in [0.3, 0.4) is 0 Å². The summed E-state index contributed by atoms with van der Waals surface area (Å²) in [6.07, 6.45) is -26.4. The van der Waals surface area contributed by atoms with Crippen molar-refractivity contribution in [2.75, 3.05) is 19.8 Å². The molecule has 21 heteroatoms. The van der Waals surface area contributed by atoms with Crippen molar-refractivity contribution >= 4 is 22.5 Å². The number of allylic oxidation sites excluding steroid dienone is 1. The molecule has 0 radical (unpaired) electrons. The molecule has 3 fully saturated rings. The van der Waals surface area contributed by atoms with E-state index in [9.17, 15) is 66.4 Å². The largest absolute Gasteiger partial charge is 0.508 e. The van der Waals surface area contributed by atoms with Gasteiger partial charge in [-0.2, -0.15) is 0 Å². The Kier molecular flexibility index (Phi) is 11.3. The zero-order valence-electron chi connectivity index (χ0n) is 32.3. The minimum Gasteiger partial charge on any atom is -0.508 e. The molecule has 17 atom stereocenters. The normalized spacial score (nSPS) is 39.7. The maximum atomic E-state index is 11.9. The molecule has 3 aromatic rings. The van der Waals surface area contributed by atoms with E-state index < -0.39 is 129 Å². The van der Waals surface area contributed by atoms with Crippen LogP contribution in [0.1, 0.15) is 22.6 Å². The lowest BCUT2D eigenvalue weighted by Crippen LogP contribution is -2.65. The lowest BCUT2D eigenvalue weighted by Gasteiger charge is -2.47. The lowest BCUT2D eigenvalue weighted by atomic mass is 9.88. The molecule has 13 N–H and O–H groups in total. The van der Waals surface area contributed by atoms with Gasteiger partial charge in [0.15, 0.2) is 12.6 Å². The zero-order valence-corrected chi connectivity index (χ0v) is 32.3. The van der Waals surface area contributed by atoms with Gasteiger partial charge in [0.25, 0.3) is 5.79 Å². The number of phenolic OH excluding ortho intramolecular Hbond substituents is 2. The molecule has 5 aliphatic heterocycles. The number of aliphatic hydroxyl groups excluding tert-OH is 11. The second-order valence-electron chi connectivity index (χ2n) is 15.8. The van der Waals surface area contributed by atoms with Crippen LogP contribution in [0.25, 0.3) is 11.1 Å². The molecule has 1 aliphatic carbocycles. The third-order valence-electron chi connectivity index (χ3n) is 12.1. The smallest absolute Gasteiger partial charge is 0.253 e. The highest BCUT2D eigenvalue weighted by Crippen LogP contribution is 2.65. The van der Waals surface area contributed by atoms with E-state index in [2.05, 4.69) is 0 Å². The summed E-state index contributed by atoms with van der Waals surface area (Å²) in [5.74, 6) is -4.29. The minimum absolute atomic E-state index is 0.0745. The standard InChI is InChI=1S/C41H45NO20/c43-11-21-29(48)32(51)35(54)38(57-21)56-16-9-19(47)25-20(10-16)61-41(26(14-5-7-15(46)8-6-14)24-17-3-1-2-4-18(17)42-28(24)27(25)41)62-40-37(34(53)31(50)23(13-45)59-40)60-39-36(55)33(52)30(49)22(12-44)58-39/h1-10,21-23,27,29-40,43-55H,11-13H2/t21-,22-,23-,27-,29-,30-,31-,32+,33+,34+,35-,36-,37-,38-,39+,40+,41-/m1/s1. The highest BCUT2D eigenvalue weighted by atomic mass is 16.8. The molecule has 6 aliphatic rings. The summed E-state index contributed by atoms with van der Waals surface area (Å²) in [6.45, 7) is -2.41. The van der Waals surface area contributed by atoms with Crippen LogP contribution in [0.2, 0.25) is 0 Å². The first-order chi connectivity index (χ1) is 29.7. The van der Waals surface area contributed by atoms with E-state index in [4.69, 9.17) is 38.2 Å². The number of aliphatic imine (C=N–C) groups is 1. The van der Waals surface area contributed by atoms with Crippen LogP contribution >= 0.6 is 0 Å². The molecule has 3 aromatic carbocycles. The van der Waals surface area contributed by atoms with Gasteiger partial charge in [-0.1, -0.05) is 30.3 Å². The van der Waals surface area contributed by atoms with E-state index in [-0.39, 0.29) is 28.4 Å². The van der Waals surface area contributed by atoms with Crippen molar-refractivity contribution in [2.24, 2.45) is 4.99 Å². The Balaban J connectivity index is 1.18. The molecule has 0 bridgehead atoms. The second-order valence-corrected chi connectivity index (χ2v) is 15.8. The summed E-state index contributed by atoms with van der Waals surface area (Å²) in [7, 11) is 0. The first kappa shape index (κ1) is 42.9. The molecule has 0 amide bonds. The third-order valence-corrected chi connectivity index (χ3v) is 12.1. The molecule has 0 unspecified atom stereocenters. The number of nitrogens with zero attached hydrogens (tertiary/aromatic N) is 1. The Morgan fingerprint density at radius 3 is 1.85 bits per heavy atom. The fraction of sp³-hybridized carbons (Fsp3) is 0.488.